The van der Waals surface area contributed by atoms with E-state index >= 15 is 0 Å². The highest BCUT2D eigenvalue weighted by Crippen LogP contribution is 2.19. The molecule has 0 heterocycles. The molecule has 2 aromatic rings. The van der Waals surface area contributed by atoms with Crippen LogP contribution in [0.2, 0.25) is 0 Å². The topological polar surface area (TPSA) is 42.5 Å². The van der Waals surface area contributed by atoms with Gasteiger partial charge in [-0.3, -0.25) is 0 Å². The Morgan fingerprint density at radius 1 is 0.783 bits per heavy atom. The van der Waals surface area contributed by atoms with Crippen LogP contribution in [0.4, 0.5) is 11.4 Å². The molecule has 124 valence electrons. The lowest BCUT2D eigenvalue weighted by Crippen LogP contribution is -2.33. The normalized spacial score (nSPS) is 11.9. The summed E-state index contributed by atoms with van der Waals surface area (Å²) in [5.41, 5.74) is 2.19. The molecule has 0 saturated carbocycles. The summed E-state index contributed by atoms with van der Waals surface area (Å²) < 4.78 is 10.4. The average Bonchev–Trinajstić information content (AvgIpc) is 2.59. The molecule has 0 radical (unpaired) electrons. The molecule has 23 heavy (non-hydrogen) atoms. The van der Waals surface area contributed by atoms with E-state index in [1.165, 1.54) is 0 Å². The van der Waals surface area contributed by atoms with Gasteiger partial charge in [0.15, 0.2) is 0 Å². The van der Waals surface area contributed by atoms with Gasteiger partial charge in [0.25, 0.3) is 0 Å². The van der Waals surface area contributed by atoms with Gasteiger partial charge in [-0.15, -0.1) is 0 Å². The number of nitrogens with one attached hydrogen (secondary N) is 2. The van der Waals surface area contributed by atoms with Gasteiger partial charge in [0.2, 0.25) is 0 Å². The molecule has 0 aliphatic carbocycles. The Morgan fingerprint density at radius 3 is 1.70 bits per heavy atom. The zero-order valence-electron chi connectivity index (χ0n) is 14.3. The van der Waals surface area contributed by atoms with Crippen molar-refractivity contribution < 1.29 is 9.47 Å². The van der Waals surface area contributed by atoms with Crippen molar-refractivity contribution in [3.8, 4) is 11.5 Å². The summed E-state index contributed by atoms with van der Waals surface area (Å²) in [6, 6.07) is 16.3. The second-order valence-corrected chi connectivity index (χ2v) is 5.83. The van der Waals surface area contributed by atoms with Crippen molar-refractivity contribution >= 4 is 11.4 Å². The van der Waals surface area contributed by atoms with Crippen molar-refractivity contribution in [2.45, 2.75) is 19.9 Å². The summed E-state index contributed by atoms with van der Waals surface area (Å²) in [5, 5.41) is 7.06. The number of ether oxygens (including phenoxy) is 2. The van der Waals surface area contributed by atoms with E-state index in [4.69, 9.17) is 9.47 Å². The molecular formula is C19H26N2O2. The highest BCUT2D eigenvalue weighted by atomic mass is 16.5. The number of methoxy groups -OCH3 is 2. The SMILES string of the molecule is COc1ccc(NCC(Nc2ccc(OC)cc2)C(C)C)cc1. The molecule has 0 aliphatic rings. The molecule has 1 atom stereocenters. The third-order valence-corrected chi connectivity index (χ3v) is 3.86. The van der Waals surface area contributed by atoms with E-state index in [0.29, 0.717) is 12.0 Å². The predicted molar refractivity (Wildman–Crippen MR) is 96.7 cm³/mol. The van der Waals surface area contributed by atoms with Crippen LogP contribution in [0.5, 0.6) is 11.5 Å². The Kier molecular flexibility index (Phi) is 6.15. The van der Waals surface area contributed by atoms with Crippen LogP contribution in [0.3, 0.4) is 0 Å². The smallest absolute Gasteiger partial charge is 0.119 e. The van der Waals surface area contributed by atoms with Crippen LogP contribution < -0.4 is 20.1 Å². The molecule has 0 spiro atoms. The van der Waals surface area contributed by atoms with Crippen LogP contribution in [-0.2, 0) is 0 Å². The number of benzene rings is 2. The first-order chi connectivity index (χ1) is 11.1. The molecule has 0 fully saturated rings. The number of hydrogen-bond acceptors (Lipinski definition) is 4. The molecule has 4 heteroatoms. The van der Waals surface area contributed by atoms with E-state index in [-0.39, 0.29) is 0 Å². The van der Waals surface area contributed by atoms with Crippen LogP contribution in [-0.4, -0.2) is 26.8 Å². The van der Waals surface area contributed by atoms with E-state index in [9.17, 15) is 0 Å². The monoisotopic (exact) mass is 314 g/mol. The second-order valence-electron chi connectivity index (χ2n) is 5.83. The minimum absolute atomic E-state index is 0.325. The van der Waals surface area contributed by atoms with E-state index in [2.05, 4.69) is 24.5 Å². The van der Waals surface area contributed by atoms with Crippen LogP contribution in [0.15, 0.2) is 48.5 Å². The summed E-state index contributed by atoms with van der Waals surface area (Å²) >= 11 is 0. The molecule has 0 aliphatic heterocycles. The molecular weight excluding hydrogens is 288 g/mol. The quantitative estimate of drug-likeness (QED) is 0.764. The summed E-state index contributed by atoms with van der Waals surface area (Å²) in [5.74, 6) is 2.24. The fraction of sp³-hybridized carbons (Fsp3) is 0.368. The predicted octanol–water partition coefficient (Wildman–Crippen LogP) is 4.25. The van der Waals surface area contributed by atoms with Gasteiger partial charge in [0.05, 0.1) is 14.2 Å². The third-order valence-electron chi connectivity index (χ3n) is 3.86. The zero-order chi connectivity index (χ0) is 16.7. The first-order valence-electron chi connectivity index (χ1n) is 7.91. The van der Waals surface area contributed by atoms with Crippen LogP contribution in [0, 0.1) is 5.92 Å². The maximum Gasteiger partial charge on any atom is 0.119 e. The molecule has 0 bridgehead atoms. The van der Waals surface area contributed by atoms with Gasteiger partial charge in [0.1, 0.15) is 11.5 Å². The van der Waals surface area contributed by atoms with Crippen molar-refractivity contribution in [2.75, 3.05) is 31.4 Å². The van der Waals surface area contributed by atoms with Crippen LogP contribution in [0.25, 0.3) is 0 Å². The minimum Gasteiger partial charge on any atom is -0.497 e. The van der Waals surface area contributed by atoms with Crippen molar-refractivity contribution in [2.24, 2.45) is 5.92 Å². The number of rotatable bonds is 8. The van der Waals surface area contributed by atoms with Gasteiger partial charge >= 0.3 is 0 Å². The summed E-state index contributed by atoms with van der Waals surface area (Å²) in [6.07, 6.45) is 0. The first kappa shape index (κ1) is 17.0. The summed E-state index contributed by atoms with van der Waals surface area (Å²) in [4.78, 5) is 0. The van der Waals surface area contributed by atoms with Crippen molar-refractivity contribution in [3.05, 3.63) is 48.5 Å². The van der Waals surface area contributed by atoms with E-state index in [1.807, 2.05) is 48.5 Å². The molecule has 0 saturated heterocycles. The molecule has 0 aromatic heterocycles. The van der Waals surface area contributed by atoms with Gasteiger partial charge in [-0.05, 0) is 54.4 Å². The highest BCUT2D eigenvalue weighted by Gasteiger charge is 2.13. The largest absolute Gasteiger partial charge is 0.497 e. The summed E-state index contributed by atoms with van der Waals surface area (Å²) in [6.45, 7) is 5.28. The van der Waals surface area contributed by atoms with Crippen LogP contribution in [0.1, 0.15) is 13.8 Å². The molecule has 1 unspecified atom stereocenters. The standard InChI is InChI=1S/C19H26N2O2/c1-14(2)19(21-16-7-11-18(23-4)12-8-16)13-20-15-5-9-17(22-3)10-6-15/h5-12,14,19-21H,13H2,1-4H3. The van der Waals surface area contributed by atoms with Gasteiger partial charge in [-0.1, -0.05) is 13.8 Å². The van der Waals surface area contributed by atoms with Crippen molar-refractivity contribution in [3.63, 3.8) is 0 Å². The maximum absolute atomic E-state index is 5.20. The fourth-order valence-electron chi connectivity index (χ4n) is 2.29. The summed E-state index contributed by atoms with van der Waals surface area (Å²) in [7, 11) is 3.36. The first-order valence-corrected chi connectivity index (χ1v) is 7.91. The second kappa shape index (κ2) is 8.32. The van der Waals surface area contributed by atoms with E-state index in [1.54, 1.807) is 14.2 Å². The molecule has 2 N–H and O–H groups in total. The lowest BCUT2D eigenvalue weighted by Gasteiger charge is -2.24. The van der Waals surface area contributed by atoms with Crippen molar-refractivity contribution in [1.82, 2.24) is 0 Å². The van der Waals surface area contributed by atoms with Crippen LogP contribution >= 0.6 is 0 Å². The fourth-order valence-corrected chi connectivity index (χ4v) is 2.29. The van der Waals surface area contributed by atoms with Gasteiger partial charge in [-0.25, -0.2) is 0 Å². The van der Waals surface area contributed by atoms with Crippen molar-refractivity contribution in [1.29, 1.82) is 0 Å². The maximum atomic E-state index is 5.20. The van der Waals surface area contributed by atoms with Gasteiger partial charge < -0.3 is 20.1 Å². The highest BCUT2D eigenvalue weighted by molar-refractivity contribution is 5.49. The Balaban J connectivity index is 1.94. The third kappa shape index (κ3) is 5.09. The molecule has 2 rings (SSSR count). The lowest BCUT2D eigenvalue weighted by molar-refractivity contribution is 0.414. The van der Waals surface area contributed by atoms with E-state index < -0.39 is 0 Å². The molecule has 2 aromatic carbocycles. The average molecular weight is 314 g/mol. The molecule has 0 amide bonds. The zero-order valence-corrected chi connectivity index (χ0v) is 14.3. The Morgan fingerprint density at radius 2 is 1.26 bits per heavy atom. The number of anilines is 2. The Labute approximate surface area is 138 Å². The van der Waals surface area contributed by atoms with Gasteiger partial charge in [0, 0.05) is 24.0 Å². The lowest BCUT2D eigenvalue weighted by atomic mass is 10.0. The molecule has 4 nitrogen and oxygen atoms in total. The Bertz CT molecular complexity index is 579. The number of hydrogen-bond donors (Lipinski definition) is 2. The Hall–Kier alpha value is -2.36. The van der Waals surface area contributed by atoms with E-state index in [0.717, 1.165) is 29.4 Å². The minimum atomic E-state index is 0.325. The van der Waals surface area contributed by atoms with Gasteiger partial charge in [-0.2, -0.15) is 0 Å².